The number of halogens is 2. The fourth-order valence-electron chi connectivity index (χ4n) is 2.29. The van der Waals surface area contributed by atoms with E-state index in [1.165, 1.54) is 4.90 Å². The lowest BCUT2D eigenvalue weighted by atomic mass is 10.1. The van der Waals surface area contributed by atoms with Crippen LogP contribution < -0.4 is 0 Å². The molecule has 1 aromatic carbocycles. The third-order valence-corrected chi connectivity index (χ3v) is 4.46. The maximum Gasteiger partial charge on any atom is 0.331 e. The zero-order valence-corrected chi connectivity index (χ0v) is 12.4. The third kappa shape index (κ3) is 2.92. The van der Waals surface area contributed by atoms with Crippen molar-refractivity contribution in [2.45, 2.75) is 12.5 Å². The molecule has 1 aliphatic heterocycles. The summed E-state index contributed by atoms with van der Waals surface area (Å²) in [5, 5.41) is 10.5. The van der Waals surface area contributed by atoms with Crippen LogP contribution in [0.1, 0.15) is 18.0 Å². The van der Waals surface area contributed by atoms with Crippen molar-refractivity contribution < 1.29 is 14.7 Å². The molecule has 102 valence electrons. The Morgan fingerprint density at radius 3 is 2.74 bits per heavy atom. The molecule has 2 rings (SSSR count). The number of carbonyl (C=O) groups excluding carboxylic acids is 1. The number of nitrogens with zero attached hydrogens (tertiary/aromatic N) is 1. The quantitative estimate of drug-likeness (QED) is 0.853. The number of carboxylic acid groups (broad SMARTS) is 1. The summed E-state index contributed by atoms with van der Waals surface area (Å²) < 4.78 is 0. The van der Waals surface area contributed by atoms with Crippen LogP contribution in [0.5, 0.6) is 0 Å². The molecule has 1 fully saturated rings. The van der Waals surface area contributed by atoms with Gasteiger partial charge in [-0.3, -0.25) is 4.79 Å². The summed E-state index contributed by atoms with van der Waals surface area (Å²) in [5.74, 6) is -1.05. The number of amides is 1. The lowest BCUT2D eigenvalue weighted by Crippen LogP contribution is -2.35. The standard InChI is InChI=1S/C13H13BrClNO3/c14-6-8-5-11(17)16(7-8)12(13(18)19)9-3-1-2-4-10(9)15/h1-4,8,12H,5-7H2,(H,18,19)/t8?,12-/m1/s1. The van der Waals surface area contributed by atoms with Gasteiger partial charge in [0.15, 0.2) is 6.04 Å². The second-order valence-electron chi connectivity index (χ2n) is 4.53. The molecule has 1 unspecified atom stereocenters. The van der Waals surface area contributed by atoms with Crippen molar-refractivity contribution in [3.05, 3.63) is 34.9 Å². The van der Waals surface area contributed by atoms with Crippen LogP contribution in [0.15, 0.2) is 24.3 Å². The summed E-state index contributed by atoms with van der Waals surface area (Å²) in [6.45, 7) is 0.437. The fourth-order valence-corrected chi connectivity index (χ4v) is 2.97. The van der Waals surface area contributed by atoms with Gasteiger partial charge in [0, 0.05) is 28.9 Å². The van der Waals surface area contributed by atoms with Crippen LogP contribution in [-0.2, 0) is 9.59 Å². The van der Waals surface area contributed by atoms with Gasteiger partial charge in [-0.15, -0.1) is 0 Å². The highest BCUT2D eigenvalue weighted by Gasteiger charge is 2.38. The van der Waals surface area contributed by atoms with Crippen molar-refractivity contribution in [1.29, 1.82) is 0 Å². The summed E-state index contributed by atoms with van der Waals surface area (Å²) in [5.41, 5.74) is 0.459. The van der Waals surface area contributed by atoms with Gasteiger partial charge in [0.25, 0.3) is 0 Å². The Balaban J connectivity index is 2.35. The Hall–Kier alpha value is -1.07. The van der Waals surface area contributed by atoms with E-state index >= 15 is 0 Å². The first-order chi connectivity index (χ1) is 9.04. The molecular weight excluding hydrogens is 334 g/mol. The molecule has 1 aliphatic rings. The molecular formula is C13H13BrClNO3. The SMILES string of the molecule is O=C(O)[C@@H](c1ccccc1Cl)N1CC(CBr)CC1=O. The van der Waals surface area contributed by atoms with Crippen LogP contribution in [-0.4, -0.2) is 33.8 Å². The monoisotopic (exact) mass is 345 g/mol. The smallest absolute Gasteiger partial charge is 0.331 e. The van der Waals surface area contributed by atoms with Crippen LogP contribution in [0.3, 0.4) is 0 Å². The van der Waals surface area contributed by atoms with E-state index in [-0.39, 0.29) is 11.8 Å². The predicted molar refractivity (Wildman–Crippen MR) is 75.4 cm³/mol. The summed E-state index contributed by atoms with van der Waals surface area (Å²) in [6.07, 6.45) is 0.374. The number of carbonyl (C=O) groups is 2. The lowest BCUT2D eigenvalue weighted by molar-refractivity contribution is -0.148. The highest BCUT2D eigenvalue weighted by atomic mass is 79.9. The van der Waals surface area contributed by atoms with E-state index in [0.717, 1.165) is 0 Å². The first kappa shape index (κ1) is 14.3. The van der Waals surface area contributed by atoms with E-state index in [0.29, 0.717) is 28.9 Å². The summed E-state index contributed by atoms with van der Waals surface area (Å²) in [7, 11) is 0. The van der Waals surface area contributed by atoms with E-state index in [1.54, 1.807) is 24.3 Å². The second-order valence-corrected chi connectivity index (χ2v) is 5.59. The maximum absolute atomic E-state index is 12.0. The Morgan fingerprint density at radius 1 is 1.53 bits per heavy atom. The van der Waals surface area contributed by atoms with Gasteiger partial charge >= 0.3 is 5.97 Å². The number of hydrogen-bond acceptors (Lipinski definition) is 2. The summed E-state index contributed by atoms with van der Waals surface area (Å²) in [4.78, 5) is 24.9. The Kier molecular flexibility index (Phi) is 4.47. The molecule has 4 nitrogen and oxygen atoms in total. The normalized spacial score (nSPS) is 20.6. The molecule has 6 heteroatoms. The molecule has 0 bridgehead atoms. The van der Waals surface area contributed by atoms with Gasteiger partial charge in [-0.2, -0.15) is 0 Å². The van der Waals surface area contributed by atoms with Gasteiger partial charge in [0.1, 0.15) is 0 Å². The highest BCUT2D eigenvalue weighted by Crippen LogP contribution is 2.33. The number of hydrogen-bond donors (Lipinski definition) is 1. The van der Waals surface area contributed by atoms with Gasteiger partial charge < -0.3 is 10.0 Å². The highest BCUT2D eigenvalue weighted by molar-refractivity contribution is 9.09. The van der Waals surface area contributed by atoms with Gasteiger partial charge in [0.2, 0.25) is 5.91 Å². The molecule has 1 aromatic rings. The number of rotatable bonds is 4. The third-order valence-electron chi connectivity index (χ3n) is 3.20. The number of aliphatic carboxylic acids is 1. The van der Waals surface area contributed by atoms with Gasteiger partial charge in [-0.25, -0.2) is 4.79 Å². The molecule has 1 heterocycles. The van der Waals surface area contributed by atoms with Crippen molar-refractivity contribution in [2.75, 3.05) is 11.9 Å². The van der Waals surface area contributed by atoms with Crippen molar-refractivity contribution in [3.63, 3.8) is 0 Å². The van der Waals surface area contributed by atoms with Crippen molar-refractivity contribution in [1.82, 2.24) is 4.90 Å². The largest absolute Gasteiger partial charge is 0.479 e. The molecule has 1 saturated heterocycles. The van der Waals surface area contributed by atoms with E-state index in [1.807, 2.05) is 0 Å². The number of carboxylic acids is 1. The average Bonchev–Trinajstić information content (AvgIpc) is 2.73. The second kappa shape index (κ2) is 5.92. The van der Waals surface area contributed by atoms with E-state index in [9.17, 15) is 14.7 Å². The first-order valence-corrected chi connectivity index (χ1v) is 7.37. The minimum Gasteiger partial charge on any atom is -0.479 e. The van der Waals surface area contributed by atoms with Crippen LogP contribution in [0.4, 0.5) is 0 Å². The molecule has 1 N–H and O–H groups in total. The Morgan fingerprint density at radius 2 is 2.21 bits per heavy atom. The first-order valence-electron chi connectivity index (χ1n) is 5.87. The molecule has 1 amide bonds. The van der Waals surface area contributed by atoms with Crippen LogP contribution in [0, 0.1) is 5.92 Å². The van der Waals surface area contributed by atoms with Crippen molar-refractivity contribution >= 4 is 39.4 Å². The predicted octanol–water partition coefficient (Wildman–Crippen LogP) is 2.71. The van der Waals surface area contributed by atoms with Crippen LogP contribution in [0.2, 0.25) is 5.02 Å². The Labute approximate surface area is 124 Å². The molecule has 19 heavy (non-hydrogen) atoms. The van der Waals surface area contributed by atoms with Gasteiger partial charge in [0.05, 0.1) is 0 Å². The van der Waals surface area contributed by atoms with Gasteiger partial charge in [-0.1, -0.05) is 45.7 Å². The molecule has 0 aliphatic carbocycles. The molecule has 0 aromatic heterocycles. The maximum atomic E-state index is 12.0. The number of benzene rings is 1. The number of alkyl halides is 1. The summed E-state index contributed by atoms with van der Waals surface area (Å²) >= 11 is 9.38. The fraction of sp³-hybridized carbons (Fsp3) is 0.385. The van der Waals surface area contributed by atoms with Crippen molar-refractivity contribution in [2.24, 2.45) is 5.92 Å². The molecule has 0 radical (unpaired) electrons. The molecule has 0 saturated carbocycles. The zero-order valence-electron chi connectivity index (χ0n) is 10.1. The minimum absolute atomic E-state index is 0.142. The molecule has 2 atom stereocenters. The van der Waals surface area contributed by atoms with Crippen LogP contribution in [0.25, 0.3) is 0 Å². The molecule has 0 spiro atoms. The Bertz CT molecular complexity index is 508. The minimum atomic E-state index is -1.06. The summed E-state index contributed by atoms with van der Waals surface area (Å²) in [6, 6.07) is 5.73. The zero-order chi connectivity index (χ0) is 14.0. The average molecular weight is 347 g/mol. The van der Waals surface area contributed by atoms with Gasteiger partial charge in [-0.05, 0) is 12.0 Å². The lowest BCUT2D eigenvalue weighted by Gasteiger charge is -2.25. The number of likely N-dealkylation sites (tertiary alicyclic amines) is 1. The van der Waals surface area contributed by atoms with E-state index in [4.69, 9.17) is 11.6 Å². The topological polar surface area (TPSA) is 57.6 Å². The van der Waals surface area contributed by atoms with E-state index in [2.05, 4.69) is 15.9 Å². The van der Waals surface area contributed by atoms with Crippen molar-refractivity contribution in [3.8, 4) is 0 Å². The van der Waals surface area contributed by atoms with E-state index < -0.39 is 12.0 Å². The van der Waals surface area contributed by atoms with Crippen LogP contribution >= 0.6 is 27.5 Å².